The second kappa shape index (κ2) is 6.33. The number of hydrogen-bond donors (Lipinski definition) is 0. The summed E-state index contributed by atoms with van der Waals surface area (Å²) in [6.07, 6.45) is 0.981. The van der Waals surface area contributed by atoms with Crippen LogP contribution in [0.4, 0.5) is 0 Å². The van der Waals surface area contributed by atoms with Gasteiger partial charge in [0.1, 0.15) is 0 Å². The minimum Gasteiger partial charge on any atom is -0.121 e. The van der Waals surface area contributed by atoms with Crippen LogP contribution in [0.2, 0.25) is 0 Å². The Morgan fingerprint density at radius 2 is 1.71 bits per heavy atom. The van der Waals surface area contributed by atoms with Crippen molar-refractivity contribution in [3.63, 3.8) is 0 Å². The molecule has 2 aromatic rings. The molecular formula is C12H8Br4S. The molecule has 0 nitrogen and oxygen atoms in total. The van der Waals surface area contributed by atoms with Crippen LogP contribution in [0.1, 0.15) is 16.0 Å². The molecule has 0 saturated heterocycles. The van der Waals surface area contributed by atoms with Crippen LogP contribution in [0, 0.1) is 0 Å². The van der Waals surface area contributed by atoms with Crippen molar-refractivity contribution in [2.45, 2.75) is 11.2 Å². The molecule has 0 amide bonds. The maximum atomic E-state index is 3.75. The van der Waals surface area contributed by atoms with Gasteiger partial charge in [-0.05, 0) is 67.6 Å². The van der Waals surface area contributed by atoms with Crippen LogP contribution in [0.25, 0.3) is 0 Å². The van der Waals surface area contributed by atoms with E-state index in [2.05, 4.69) is 94.1 Å². The van der Waals surface area contributed by atoms with Gasteiger partial charge in [0.15, 0.2) is 0 Å². The molecule has 0 spiro atoms. The molecule has 5 heteroatoms. The molecule has 0 N–H and O–H groups in total. The molecule has 1 atom stereocenters. The summed E-state index contributed by atoms with van der Waals surface area (Å²) in [4.78, 5) is 0.334. The molecular weight excluding hydrogens is 496 g/mol. The summed E-state index contributed by atoms with van der Waals surface area (Å²) < 4.78 is 3.45. The zero-order chi connectivity index (χ0) is 12.4. The lowest BCUT2D eigenvalue weighted by atomic mass is 10.1. The third kappa shape index (κ3) is 3.90. The van der Waals surface area contributed by atoms with E-state index in [1.165, 1.54) is 14.9 Å². The third-order valence-electron chi connectivity index (χ3n) is 2.35. The van der Waals surface area contributed by atoms with Gasteiger partial charge in [-0.25, -0.2) is 0 Å². The van der Waals surface area contributed by atoms with Gasteiger partial charge in [0.05, 0.1) is 7.57 Å². The zero-order valence-corrected chi connectivity index (χ0v) is 15.8. The van der Waals surface area contributed by atoms with Crippen LogP contribution in [-0.2, 0) is 6.42 Å². The summed E-state index contributed by atoms with van der Waals surface area (Å²) in [5.74, 6) is 0. The summed E-state index contributed by atoms with van der Waals surface area (Å²) in [7, 11) is 0. The largest absolute Gasteiger partial charge is 0.121 e. The van der Waals surface area contributed by atoms with Crippen molar-refractivity contribution in [2.75, 3.05) is 0 Å². The Labute approximate surface area is 138 Å². The second-order valence-corrected chi connectivity index (χ2v) is 9.35. The standard InChI is InChI=1S/C12H8Br4S/c13-8-3-1-7(2-4-8)5-10(14)9-6-11(15)17-12(9)16/h1-4,6,10H,5H2. The highest BCUT2D eigenvalue weighted by Gasteiger charge is 2.14. The topological polar surface area (TPSA) is 0 Å². The highest BCUT2D eigenvalue weighted by molar-refractivity contribution is 9.12. The fraction of sp³-hybridized carbons (Fsp3) is 0.167. The molecule has 2 rings (SSSR count). The predicted octanol–water partition coefficient (Wildman–Crippen LogP) is 6.71. The van der Waals surface area contributed by atoms with Crippen LogP contribution < -0.4 is 0 Å². The average molecular weight is 504 g/mol. The maximum absolute atomic E-state index is 3.75. The molecule has 0 fully saturated rings. The highest BCUT2D eigenvalue weighted by Crippen LogP contribution is 2.40. The van der Waals surface area contributed by atoms with Crippen molar-refractivity contribution in [2.24, 2.45) is 0 Å². The number of hydrogen-bond acceptors (Lipinski definition) is 1. The van der Waals surface area contributed by atoms with Gasteiger partial charge in [0.2, 0.25) is 0 Å². The van der Waals surface area contributed by atoms with Crippen molar-refractivity contribution in [3.05, 3.63) is 53.5 Å². The fourth-order valence-corrected chi connectivity index (χ4v) is 5.94. The second-order valence-electron chi connectivity index (χ2n) is 3.58. The summed E-state index contributed by atoms with van der Waals surface area (Å²) >= 11 is 16.0. The van der Waals surface area contributed by atoms with Gasteiger partial charge >= 0.3 is 0 Å². The van der Waals surface area contributed by atoms with Crippen LogP contribution in [0.5, 0.6) is 0 Å². The Morgan fingerprint density at radius 1 is 1.06 bits per heavy atom. The van der Waals surface area contributed by atoms with Gasteiger partial charge in [0.25, 0.3) is 0 Å². The normalized spacial score (nSPS) is 12.7. The molecule has 0 bridgehead atoms. The number of thiophene rings is 1. The van der Waals surface area contributed by atoms with E-state index in [1.54, 1.807) is 11.3 Å². The van der Waals surface area contributed by atoms with Crippen molar-refractivity contribution in [1.82, 2.24) is 0 Å². The van der Waals surface area contributed by atoms with E-state index in [9.17, 15) is 0 Å². The Hall–Kier alpha value is 0.840. The number of rotatable bonds is 3. The zero-order valence-electron chi connectivity index (χ0n) is 8.59. The molecule has 0 aliphatic carbocycles. The van der Waals surface area contributed by atoms with Crippen molar-refractivity contribution < 1.29 is 0 Å². The van der Waals surface area contributed by atoms with Crippen molar-refractivity contribution >= 4 is 75.1 Å². The van der Waals surface area contributed by atoms with Gasteiger partial charge in [-0.3, -0.25) is 0 Å². The highest BCUT2D eigenvalue weighted by atomic mass is 79.9. The molecule has 1 unspecified atom stereocenters. The average Bonchev–Trinajstić information content (AvgIpc) is 2.61. The summed E-state index contributed by atoms with van der Waals surface area (Å²) in [5, 5.41) is 0. The molecule has 0 aliphatic rings. The Morgan fingerprint density at radius 3 is 2.24 bits per heavy atom. The smallest absolute Gasteiger partial charge is 0.0753 e. The molecule has 90 valence electrons. The minimum atomic E-state index is 0.334. The van der Waals surface area contributed by atoms with Gasteiger partial charge in [-0.1, -0.05) is 44.0 Å². The van der Waals surface area contributed by atoms with E-state index in [0.29, 0.717) is 4.83 Å². The first-order chi connectivity index (χ1) is 8.06. The maximum Gasteiger partial charge on any atom is 0.0753 e. The van der Waals surface area contributed by atoms with Gasteiger partial charge in [-0.2, -0.15) is 0 Å². The first kappa shape index (κ1) is 14.3. The molecule has 0 radical (unpaired) electrons. The lowest BCUT2D eigenvalue weighted by molar-refractivity contribution is 0.949. The third-order valence-corrected chi connectivity index (χ3v) is 6.08. The Kier molecular flexibility index (Phi) is 5.31. The van der Waals surface area contributed by atoms with Gasteiger partial charge < -0.3 is 0 Å². The summed E-state index contributed by atoms with van der Waals surface area (Å²) in [6, 6.07) is 10.6. The fourth-order valence-electron chi connectivity index (χ4n) is 1.50. The molecule has 17 heavy (non-hydrogen) atoms. The summed E-state index contributed by atoms with van der Waals surface area (Å²) in [5.41, 5.74) is 2.62. The van der Waals surface area contributed by atoms with Crippen LogP contribution in [-0.4, -0.2) is 0 Å². The van der Waals surface area contributed by atoms with Gasteiger partial charge in [-0.15, -0.1) is 11.3 Å². The Bertz CT molecular complexity index is 504. The molecule has 1 aromatic heterocycles. The summed E-state index contributed by atoms with van der Waals surface area (Å²) in [6.45, 7) is 0. The Balaban J connectivity index is 2.14. The monoisotopic (exact) mass is 500 g/mol. The first-order valence-corrected chi connectivity index (χ1v) is 9.00. The molecule has 0 aliphatic heterocycles. The molecule has 1 heterocycles. The molecule has 1 aromatic carbocycles. The van der Waals surface area contributed by atoms with Crippen molar-refractivity contribution in [1.29, 1.82) is 0 Å². The van der Waals surface area contributed by atoms with Crippen LogP contribution in [0.15, 0.2) is 42.4 Å². The quantitative estimate of drug-likeness (QED) is 0.408. The lowest BCUT2D eigenvalue weighted by Crippen LogP contribution is -1.94. The number of halogens is 4. The first-order valence-electron chi connectivity index (χ1n) is 4.89. The SMILES string of the molecule is Brc1ccc(CC(Br)c2cc(Br)sc2Br)cc1. The van der Waals surface area contributed by atoms with Gasteiger partial charge in [0, 0.05) is 9.30 Å². The van der Waals surface area contributed by atoms with Crippen LogP contribution in [0.3, 0.4) is 0 Å². The van der Waals surface area contributed by atoms with E-state index in [-0.39, 0.29) is 0 Å². The number of alkyl halides is 1. The van der Waals surface area contributed by atoms with E-state index in [0.717, 1.165) is 14.7 Å². The predicted molar refractivity (Wildman–Crippen MR) is 89.2 cm³/mol. The van der Waals surface area contributed by atoms with E-state index >= 15 is 0 Å². The number of benzene rings is 1. The van der Waals surface area contributed by atoms with E-state index < -0.39 is 0 Å². The lowest BCUT2D eigenvalue weighted by Gasteiger charge is -2.09. The minimum absolute atomic E-state index is 0.334. The van der Waals surface area contributed by atoms with E-state index in [1.807, 2.05) is 0 Å². The van der Waals surface area contributed by atoms with Crippen LogP contribution >= 0.6 is 75.1 Å². The molecule has 0 saturated carbocycles. The van der Waals surface area contributed by atoms with E-state index in [4.69, 9.17) is 0 Å². The van der Waals surface area contributed by atoms with Crippen molar-refractivity contribution in [3.8, 4) is 0 Å².